The van der Waals surface area contributed by atoms with Crippen LogP contribution in [0.1, 0.15) is 108 Å². The van der Waals surface area contributed by atoms with Gasteiger partial charge in [-0.25, -0.2) is 0 Å². The van der Waals surface area contributed by atoms with Crippen molar-refractivity contribution in [3.8, 4) is 0 Å². The Hall–Kier alpha value is -0.183. The second-order valence-electron chi connectivity index (χ2n) is 7.47. The molecule has 1 heteroatoms. The molecule has 1 rings (SSSR count). The number of unbranched alkanes of at least 4 members (excludes halogenated alkanes) is 13. The molecule has 24 heavy (non-hydrogen) atoms. The zero-order valence-corrected chi connectivity index (χ0v) is 16.6. The zero-order chi connectivity index (χ0) is 17.3. The fourth-order valence-electron chi connectivity index (χ4n) is 3.66. The van der Waals surface area contributed by atoms with Crippen LogP contribution in [0.3, 0.4) is 0 Å². The molecule has 0 unspecified atom stereocenters. The van der Waals surface area contributed by atoms with Crippen LogP contribution in [0.25, 0.3) is 0 Å². The van der Waals surface area contributed by atoms with E-state index in [1.807, 2.05) is 0 Å². The molecule has 0 aliphatic rings. The van der Waals surface area contributed by atoms with Gasteiger partial charge in [0, 0.05) is 0 Å². The van der Waals surface area contributed by atoms with Crippen LogP contribution in [0.15, 0.2) is 24.3 Å². The summed E-state index contributed by atoms with van der Waals surface area (Å²) in [5.41, 5.74) is 3.13. The normalized spacial score (nSPS) is 11.1. The molecule has 0 aliphatic heterocycles. The van der Waals surface area contributed by atoms with Gasteiger partial charge in [-0.2, -0.15) is 0 Å². The Morgan fingerprint density at radius 1 is 0.583 bits per heavy atom. The van der Waals surface area contributed by atoms with Gasteiger partial charge in [-0.1, -0.05) is 45.4 Å². The van der Waals surface area contributed by atoms with E-state index in [-0.39, 0.29) is 0 Å². The van der Waals surface area contributed by atoms with Crippen LogP contribution in [-0.4, -0.2) is 17.7 Å². The van der Waals surface area contributed by atoms with Crippen molar-refractivity contribution in [3.63, 3.8) is 0 Å². The predicted octanol–water partition coefficient (Wildman–Crippen LogP) is 7.38. The minimum Gasteiger partial charge on any atom is -0.0654 e. The van der Waals surface area contributed by atoms with E-state index in [0.717, 1.165) is 0 Å². The molecular weight excluding hydrogens is 283 g/mol. The predicted molar refractivity (Wildman–Crippen MR) is 110 cm³/mol. The molecule has 0 aromatic heterocycles. The van der Waals surface area contributed by atoms with E-state index in [0.29, 0.717) is 0 Å². The van der Waals surface area contributed by atoms with Gasteiger partial charge in [0.1, 0.15) is 0 Å². The maximum absolute atomic E-state index is 2.32. The van der Waals surface area contributed by atoms with Crippen molar-refractivity contribution >= 4 is 17.7 Å². The third-order valence-corrected chi connectivity index (χ3v) is 5.30. The second kappa shape index (κ2) is 16.3. The minimum atomic E-state index is 1.18. The fourth-order valence-corrected chi connectivity index (χ4v) is 3.66. The summed E-state index contributed by atoms with van der Waals surface area (Å²) in [5, 5.41) is 1.18. The van der Waals surface area contributed by atoms with Crippen molar-refractivity contribution in [1.29, 1.82) is 0 Å². The van der Waals surface area contributed by atoms with Crippen LogP contribution in [-0.2, 0) is 11.5 Å². The quantitative estimate of drug-likeness (QED) is 0.220. The van der Waals surface area contributed by atoms with Gasteiger partial charge in [0.05, 0.1) is 0 Å². The SMILES string of the molecule is [Li][CH2]c1ccccc1CCCCCCCCCCCCCCCC. The van der Waals surface area contributed by atoms with Gasteiger partial charge in [0.25, 0.3) is 0 Å². The first kappa shape index (κ1) is 21.9. The second-order valence-corrected chi connectivity index (χ2v) is 7.47. The van der Waals surface area contributed by atoms with E-state index in [9.17, 15) is 0 Å². The number of hydrogen-bond donors (Lipinski definition) is 0. The van der Waals surface area contributed by atoms with E-state index in [4.69, 9.17) is 0 Å². The summed E-state index contributed by atoms with van der Waals surface area (Å²) < 4.78 is 0. The molecule has 1 aromatic carbocycles. The molecule has 0 saturated heterocycles. The van der Waals surface area contributed by atoms with Crippen LogP contribution < -0.4 is 0 Å². The molecular formula is C23H39Li. The fraction of sp³-hybridized carbons (Fsp3) is 0.739. The average molecular weight is 323 g/mol. The summed E-state index contributed by atoms with van der Waals surface area (Å²) >= 11 is 2.27. The molecule has 0 heterocycles. The molecule has 0 bridgehead atoms. The monoisotopic (exact) mass is 322 g/mol. The van der Waals surface area contributed by atoms with Gasteiger partial charge < -0.3 is 0 Å². The van der Waals surface area contributed by atoms with Gasteiger partial charge in [0.2, 0.25) is 0 Å². The van der Waals surface area contributed by atoms with Crippen LogP contribution in [0.4, 0.5) is 0 Å². The number of hydrogen-bond acceptors (Lipinski definition) is 0. The molecule has 0 nitrogen and oxygen atoms in total. The molecule has 0 aliphatic carbocycles. The first-order chi connectivity index (χ1) is 11.9. The molecule has 1 aromatic rings. The Balaban J connectivity index is 1.84. The van der Waals surface area contributed by atoms with Crippen LogP contribution >= 0.6 is 0 Å². The van der Waals surface area contributed by atoms with Gasteiger partial charge in [-0.3, -0.25) is 0 Å². The molecule has 132 valence electrons. The summed E-state index contributed by atoms with van der Waals surface area (Å²) in [6, 6.07) is 8.98. The molecule has 0 amide bonds. The number of benzene rings is 1. The zero-order valence-electron chi connectivity index (χ0n) is 16.6. The Bertz CT molecular complexity index is 385. The molecule has 0 saturated carbocycles. The van der Waals surface area contributed by atoms with E-state index >= 15 is 0 Å². The Morgan fingerprint density at radius 2 is 1.00 bits per heavy atom. The Morgan fingerprint density at radius 3 is 1.46 bits per heavy atom. The molecule has 0 radical (unpaired) electrons. The molecule has 0 fully saturated rings. The number of aryl methyl sites for hydroxylation is 1. The smallest absolute Gasteiger partial charge is 0.0654 e. The molecule has 0 atom stereocenters. The van der Waals surface area contributed by atoms with Gasteiger partial charge in [0.15, 0.2) is 0 Å². The topological polar surface area (TPSA) is 0 Å². The maximum atomic E-state index is 2.32. The van der Waals surface area contributed by atoms with Gasteiger partial charge in [-0.05, 0) is 0 Å². The summed E-state index contributed by atoms with van der Waals surface area (Å²) in [4.78, 5) is 0. The third kappa shape index (κ3) is 11.4. The standard InChI is InChI=1S/C23H39.Li/c1-3-4-5-6-7-8-9-10-11-12-13-14-15-16-20-23-21-18-17-19-22(23)2;/h17-19,21H,2-16,20H2,1H3;. The summed E-state index contributed by atoms with van der Waals surface area (Å²) in [7, 11) is 0. The van der Waals surface area contributed by atoms with E-state index < -0.39 is 0 Å². The summed E-state index contributed by atoms with van der Waals surface area (Å²) in [6.07, 6.45) is 21.5. The first-order valence-corrected chi connectivity index (χ1v) is 10.9. The average Bonchev–Trinajstić information content (AvgIpc) is 2.62. The Kier molecular flexibility index (Phi) is 14.8. The van der Waals surface area contributed by atoms with Crippen molar-refractivity contribution in [2.75, 3.05) is 0 Å². The van der Waals surface area contributed by atoms with E-state index in [1.54, 1.807) is 11.1 Å². The third-order valence-electron chi connectivity index (χ3n) is 5.30. The summed E-state index contributed by atoms with van der Waals surface area (Å²) in [5.74, 6) is 0. The molecule has 0 N–H and O–H groups in total. The Labute approximate surface area is 161 Å². The van der Waals surface area contributed by atoms with Crippen LogP contribution in [0, 0.1) is 0 Å². The molecule has 0 spiro atoms. The van der Waals surface area contributed by atoms with Crippen molar-refractivity contribution in [2.24, 2.45) is 0 Å². The van der Waals surface area contributed by atoms with E-state index in [1.165, 1.54) is 101 Å². The van der Waals surface area contributed by atoms with Crippen molar-refractivity contribution < 1.29 is 0 Å². The number of rotatable bonds is 16. The summed E-state index contributed by atoms with van der Waals surface area (Å²) in [6.45, 7) is 2.30. The van der Waals surface area contributed by atoms with Crippen molar-refractivity contribution in [2.45, 2.75) is 108 Å². The van der Waals surface area contributed by atoms with Crippen LogP contribution in [0.2, 0.25) is 0 Å². The van der Waals surface area contributed by atoms with Crippen molar-refractivity contribution in [3.05, 3.63) is 35.4 Å². The first-order valence-electron chi connectivity index (χ1n) is 10.9. The minimum absolute atomic E-state index is 1.18. The van der Waals surface area contributed by atoms with Gasteiger partial charge in [-0.15, -0.1) is 0 Å². The van der Waals surface area contributed by atoms with Crippen molar-refractivity contribution in [1.82, 2.24) is 0 Å². The van der Waals surface area contributed by atoms with Crippen LogP contribution in [0.5, 0.6) is 0 Å². The van der Waals surface area contributed by atoms with E-state index in [2.05, 4.69) is 48.9 Å². The van der Waals surface area contributed by atoms with Gasteiger partial charge >= 0.3 is 116 Å².